The molecule has 1 aromatic carbocycles. The molecule has 1 atom stereocenters. The number of ether oxygens (including phenoxy) is 1. The highest BCUT2D eigenvalue weighted by Crippen LogP contribution is 2.34. The van der Waals surface area contributed by atoms with E-state index in [2.05, 4.69) is 5.32 Å². The van der Waals surface area contributed by atoms with Crippen LogP contribution in [0.4, 0.5) is 5.69 Å². The van der Waals surface area contributed by atoms with Crippen molar-refractivity contribution in [2.75, 3.05) is 23.7 Å². The van der Waals surface area contributed by atoms with Crippen LogP contribution in [-0.4, -0.2) is 45.7 Å². The summed E-state index contributed by atoms with van der Waals surface area (Å²) in [6.07, 6.45) is 2.42. The monoisotopic (exact) mass is 422 g/mol. The normalized spacial score (nSPS) is 15.9. The smallest absolute Gasteiger partial charge is 0.338 e. The summed E-state index contributed by atoms with van der Waals surface area (Å²) < 4.78 is 30.3. The molecule has 3 rings (SSSR count). The summed E-state index contributed by atoms with van der Waals surface area (Å²) in [5.41, 5.74) is 1.65. The van der Waals surface area contributed by atoms with E-state index in [0.29, 0.717) is 24.2 Å². The van der Waals surface area contributed by atoms with Crippen molar-refractivity contribution in [2.45, 2.75) is 25.8 Å². The number of carbonyl (C=O) groups is 2. The van der Waals surface area contributed by atoms with Gasteiger partial charge < -0.3 is 10.1 Å². The van der Waals surface area contributed by atoms with Gasteiger partial charge in [-0.05, 0) is 55.0 Å². The second-order valence-electron chi connectivity index (χ2n) is 6.71. The summed E-state index contributed by atoms with van der Waals surface area (Å²) in [7, 11) is -3.38. The number of esters is 1. The minimum Gasteiger partial charge on any atom is -0.452 e. The van der Waals surface area contributed by atoms with Crippen LogP contribution < -0.4 is 9.62 Å². The number of rotatable bonds is 7. The lowest BCUT2D eigenvalue weighted by Crippen LogP contribution is -2.34. The molecule has 150 valence electrons. The number of carbonyl (C=O) groups excluding carboxylic acids is 2. The van der Waals surface area contributed by atoms with E-state index < -0.39 is 16.0 Å². The lowest BCUT2D eigenvalue weighted by atomic mass is 10.1. The van der Waals surface area contributed by atoms with Crippen LogP contribution in [0.15, 0.2) is 35.7 Å². The molecular formula is C19H22N2O5S2. The maximum absolute atomic E-state index is 12.2. The number of sulfonamides is 1. The molecule has 1 aliphatic heterocycles. The fourth-order valence-electron chi connectivity index (χ4n) is 3.28. The van der Waals surface area contributed by atoms with Crippen LogP contribution in [0.2, 0.25) is 0 Å². The van der Waals surface area contributed by atoms with Crippen LogP contribution in [0, 0.1) is 0 Å². The van der Waals surface area contributed by atoms with Crippen molar-refractivity contribution < 1.29 is 22.7 Å². The molecule has 0 spiro atoms. The van der Waals surface area contributed by atoms with E-state index in [9.17, 15) is 18.0 Å². The standard InChI is InChI=1S/C19H22N2O5S2/c1-13-10-15-11-14(5-6-17(15)21(13)28(2,24)25)19(23)26-12-18(22)20-8-7-16-4-3-9-27-16/h3-6,9,11,13H,7-8,10,12H2,1-2H3,(H,20,22). The third kappa shape index (κ3) is 4.71. The summed E-state index contributed by atoms with van der Waals surface area (Å²) >= 11 is 1.62. The molecule has 9 heteroatoms. The first-order valence-electron chi connectivity index (χ1n) is 8.84. The van der Waals surface area contributed by atoms with Crippen LogP contribution in [0.5, 0.6) is 0 Å². The van der Waals surface area contributed by atoms with Gasteiger partial charge >= 0.3 is 5.97 Å². The molecule has 0 bridgehead atoms. The van der Waals surface area contributed by atoms with Crippen LogP contribution in [0.25, 0.3) is 0 Å². The molecule has 0 aliphatic carbocycles. The van der Waals surface area contributed by atoms with Crippen LogP contribution in [0.1, 0.15) is 27.7 Å². The Morgan fingerprint density at radius 1 is 1.32 bits per heavy atom. The Morgan fingerprint density at radius 2 is 2.11 bits per heavy atom. The summed E-state index contributed by atoms with van der Waals surface area (Å²) in [6.45, 7) is 1.95. The molecule has 7 nitrogen and oxygen atoms in total. The Bertz CT molecular complexity index is 970. The van der Waals surface area contributed by atoms with Gasteiger partial charge in [0.2, 0.25) is 10.0 Å². The second kappa shape index (κ2) is 8.32. The van der Waals surface area contributed by atoms with Crippen molar-refractivity contribution >= 4 is 38.9 Å². The van der Waals surface area contributed by atoms with Gasteiger partial charge in [-0.1, -0.05) is 6.07 Å². The number of hydrogen-bond donors (Lipinski definition) is 1. The molecule has 0 radical (unpaired) electrons. The van der Waals surface area contributed by atoms with Gasteiger partial charge in [-0.15, -0.1) is 11.3 Å². The number of anilines is 1. The van der Waals surface area contributed by atoms with Gasteiger partial charge in [0.05, 0.1) is 17.5 Å². The maximum Gasteiger partial charge on any atom is 0.338 e. The number of fused-ring (bicyclic) bond motifs is 1. The zero-order valence-corrected chi connectivity index (χ0v) is 17.3. The molecule has 0 saturated heterocycles. The molecule has 1 N–H and O–H groups in total. The maximum atomic E-state index is 12.2. The Labute approximate surface area is 168 Å². The number of amides is 1. The molecule has 2 heterocycles. The molecule has 1 aliphatic rings. The van der Waals surface area contributed by atoms with E-state index in [0.717, 1.165) is 18.2 Å². The summed E-state index contributed by atoms with van der Waals surface area (Å²) in [5, 5.41) is 4.69. The zero-order chi connectivity index (χ0) is 20.3. The molecular weight excluding hydrogens is 400 g/mol. The molecule has 28 heavy (non-hydrogen) atoms. The Morgan fingerprint density at radius 3 is 2.79 bits per heavy atom. The Kier molecular flexibility index (Phi) is 6.04. The SMILES string of the molecule is CC1Cc2cc(C(=O)OCC(=O)NCCc3cccs3)ccc2N1S(C)(=O)=O. The highest BCUT2D eigenvalue weighted by molar-refractivity contribution is 7.92. The van der Waals surface area contributed by atoms with Crippen LogP contribution >= 0.6 is 11.3 Å². The third-order valence-corrected chi connectivity index (χ3v) is 6.64. The van der Waals surface area contributed by atoms with E-state index >= 15 is 0 Å². The van der Waals surface area contributed by atoms with Gasteiger partial charge in [-0.25, -0.2) is 13.2 Å². The quantitative estimate of drug-likeness (QED) is 0.689. The number of benzene rings is 1. The largest absolute Gasteiger partial charge is 0.452 e. The minimum atomic E-state index is -3.38. The van der Waals surface area contributed by atoms with E-state index in [1.165, 1.54) is 15.2 Å². The molecule has 0 saturated carbocycles. The topological polar surface area (TPSA) is 92.8 Å². The van der Waals surface area contributed by atoms with Crippen molar-refractivity contribution in [1.29, 1.82) is 0 Å². The first-order chi connectivity index (χ1) is 13.3. The molecule has 1 unspecified atom stereocenters. The van der Waals surface area contributed by atoms with Gasteiger partial charge in [0.15, 0.2) is 6.61 Å². The highest BCUT2D eigenvalue weighted by Gasteiger charge is 2.32. The molecule has 0 fully saturated rings. The lowest BCUT2D eigenvalue weighted by molar-refractivity contribution is -0.124. The number of nitrogens with one attached hydrogen (secondary N) is 1. The summed E-state index contributed by atoms with van der Waals surface area (Å²) in [6, 6.07) is 8.51. The zero-order valence-electron chi connectivity index (χ0n) is 15.7. The number of hydrogen-bond acceptors (Lipinski definition) is 6. The first kappa shape index (κ1) is 20.3. The van der Waals surface area contributed by atoms with Crippen molar-refractivity contribution in [3.8, 4) is 0 Å². The first-order valence-corrected chi connectivity index (χ1v) is 11.6. The predicted molar refractivity (Wildman–Crippen MR) is 108 cm³/mol. The van der Waals surface area contributed by atoms with Gasteiger partial charge in [0, 0.05) is 17.5 Å². The molecule has 1 aromatic heterocycles. The number of thiophene rings is 1. The van der Waals surface area contributed by atoms with E-state index in [1.807, 2.05) is 24.4 Å². The lowest BCUT2D eigenvalue weighted by Gasteiger charge is -2.21. The fraction of sp³-hybridized carbons (Fsp3) is 0.368. The number of nitrogens with zero attached hydrogens (tertiary/aromatic N) is 1. The van der Waals surface area contributed by atoms with Crippen molar-refractivity contribution in [3.05, 3.63) is 51.7 Å². The average molecular weight is 423 g/mol. The second-order valence-corrected chi connectivity index (χ2v) is 9.60. The van der Waals surface area contributed by atoms with Gasteiger partial charge in [0.25, 0.3) is 5.91 Å². The van der Waals surface area contributed by atoms with E-state index in [4.69, 9.17) is 4.74 Å². The Hall–Kier alpha value is -2.39. The van der Waals surface area contributed by atoms with Gasteiger partial charge in [0.1, 0.15) is 0 Å². The fourth-order valence-corrected chi connectivity index (χ4v) is 5.25. The minimum absolute atomic E-state index is 0.203. The van der Waals surface area contributed by atoms with Gasteiger partial charge in [-0.3, -0.25) is 9.10 Å². The average Bonchev–Trinajstić information content (AvgIpc) is 3.24. The van der Waals surface area contributed by atoms with Crippen molar-refractivity contribution in [3.63, 3.8) is 0 Å². The van der Waals surface area contributed by atoms with E-state index in [-0.39, 0.29) is 18.6 Å². The Balaban J connectivity index is 1.54. The highest BCUT2D eigenvalue weighted by atomic mass is 32.2. The molecule has 2 aromatic rings. The van der Waals surface area contributed by atoms with E-state index in [1.54, 1.807) is 23.5 Å². The van der Waals surface area contributed by atoms with Crippen molar-refractivity contribution in [2.24, 2.45) is 0 Å². The van der Waals surface area contributed by atoms with Gasteiger partial charge in [-0.2, -0.15) is 0 Å². The summed E-state index contributed by atoms with van der Waals surface area (Å²) in [4.78, 5) is 25.2. The molecule has 1 amide bonds. The summed E-state index contributed by atoms with van der Waals surface area (Å²) in [5.74, 6) is -0.968. The predicted octanol–water partition coefficient (Wildman–Crippen LogP) is 1.97. The third-order valence-electron chi connectivity index (χ3n) is 4.43. The van der Waals surface area contributed by atoms with Crippen LogP contribution in [-0.2, 0) is 32.4 Å². The van der Waals surface area contributed by atoms with Crippen molar-refractivity contribution in [1.82, 2.24) is 5.32 Å². The van der Waals surface area contributed by atoms with Crippen LogP contribution in [0.3, 0.4) is 0 Å².